The average Bonchev–Trinajstić information content (AvgIpc) is 2.87. The molecule has 0 fully saturated rings. The molecule has 1 atom stereocenters. The van der Waals surface area contributed by atoms with Crippen LogP contribution in [-0.2, 0) is 12.8 Å². The highest BCUT2D eigenvalue weighted by atomic mass is 35.5. The molecule has 2 aromatic rings. The highest BCUT2D eigenvalue weighted by Gasteiger charge is 2.11. The summed E-state index contributed by atoms with van der Waals surface area (Å²) < 4.78 is 0. The van der Waals surface area contributed by atoms with Crippen molar-refractivity contribution in [3.05, 3.63) is 56.2 Å². The molecule has 1 nitrogen and oxygen atoms in total. The Morgan fingerprint density at radius 3 is 2.63 bits per heavy atom. The molecule has 1 aromatic heterocycles. The van der Waals surface area contributed by atoms with E-state index < -0.39 is 0 Å². The van der Waals surface area contributed by atoms with Crippen molar-refractivity contribution in [2.24, 2.45) is 0 Å². The summed E-state index contributed by atoms with van der Waals surface area (Å²) in [5.41, 5.74) is 1.22. The molecule has 0 aliphatic carbocycles. The molecular formula is C15H17Cl2NS. The zero-order valence-corrected chi connectivity index (χ0v) is 13.2. The van der Waals surface area contributed by atoms with Crippen molar-refractivity contribution in [2.75, 3.05) is 6.54 Å². The molecule has 0 saturated carbocycles. The maximum absolute atomic E-state index is 6.07. The van der Waals surface area contributed by atoms with E-state index in [0.29, 0.717) is 16.1 Å². The first-order chi connectivity index (χ1) is 9.19. The Balaban J connectivity index is 2.05. The standard InChI is InChI=1S/C15H17Cl2NS/c1-2-18-12(10-13-4-3-7-19-13)8-11-5-6-14(16)15(17)9-11/h3-7,9,12,18H,2,8,10H2,1H3. The van der Waals surface area contributed by atoms with Crippen LogP contribution < -0.4 is 5.32 Å². The highest BCUT2D eigenvalue weighted by molar-refractivity contribution is 7.09. The minimum absolute atomic E-state index is 0.431. The monoisotopic (exact) mass is 313 g/mol. The van der Waals surface area contributed by atoms with E-state index in [1.807, 2.05) is 18.2 Å². The lowest BCUT2D eigenvalue weighted by Crippen LogP contribution is -2.32. The number of thiophene rings is 1. The van der Waals surface area contributed by atoms with E-state index >= 15 is 0 Å². The maximum atomic E-state index is 6.07. The molecule has 0 amide bonds. The normalized spacial score (nSPS) is 12.6. The van der Waals surface area contributed by atoms with Crippen LogP contribution in [0, 0.1) is 0 Å². The van der Waals surface area contributed by atoms with Gasteiger partial charge in [-0.3, -0.25) is 0 Å². The Hall–Kier alpha value is -0.540. The third kappa shape index (κ3) is 4.50. The molecule has 0 spiro atoms. The van der Waals surface area contributed by atoms with Crippen LogP contribution >= 0.6 is 34.5 Å². The number of halogens is 2. The fourth-order valence-electron chi connectivity index (χ4n) is 2.13. The summed E-state index contributed by atoms with van der Waals surface area (Å²) in [6.45, 7) is 3.10. The van der Waals surface area contributed by atoms with Gasteiger partial charge in [0.2, 0.25) is 0 Å². The number of rotatable bonds is 6. The van der Waals surface area contributed by atoms with Crippen LogP contribution in [0.3, 0.4) is 0 Å². The van der Waals surface area contributed by atoms with E-state index in [4.69, 9.17) is 23.2 Å². The second kappa shape index (κ2) is 7.30. The number of hydrogen-bond donors (Lipinski definition) is 1. The molecule has 0 aliphatic rings. The van der Waals surface area contributed by atoms with Crippen molar-refractivity contribution >= 4 is 34.5 Å². The van der Waals surface area contributed by atoms with Gasteiger partial charge < -0.3 is 5.32 Å². The Morgan fingerprint density at radius 2 is 2.00 bits per heavy atom. The van der Waals surface area contributed by atoms with Crippen molar-refractivity contribution in [3.8, 4) is 0 Å². The lowest BCUT2D eigenvalue weighted by atomic mass is 10.0. The van der Waals surface area contributed by atoms with Crippen LogP contribution in [0.5, 0.6) is 0 Å². The predicted octanol–water partition coefficient (Wildman–Crippen LogP) is 4.82. The van der Waals surface area contributed by atoms with Crippen LogP contribution in [0.1, 0.15) is 17.4 Å². The van der Waals surface area contributed by atoms with Gasteiger partial charge in [-0.15, -0.1) is 11.3 Å². The maximum Gasteiger partial charge on any atom is 0.0595 e. The van der Waals surface area contributed by atoms with Gasteiger partial charge >= 0.3 is 0 Å². The van der Waals surface area contributed by atoms with Crippen molar-refractivity contribution < 1.29 is 0 Å². The fourth-order valence-corrected chi connectivity index (χ4v) is 3.24. The van der Waals surface area contributed by atoms with Crippen molar-refractivity contribution in [1.29, 1.82) is 0 Å². The molecule has 19 heavy (non-hydrogen) atoms. The summed E-state index contributed by atoms with van der Waals surface area (Å²) >= 11 is 13.8. The van der Waals surface area contributed by atoms with E-state index in [1.54, 1.807) is 11.3 Å². The summed E-state index contributed by atoms with van der Waals surface area (Å²) in [6, 6.07) is 10.6. The van der Waals surface area contributed by atoms with Crippen molar-refractivity contribution in [2.45, 2.75) is 25.8 Å². The zero-order chi connectivity index (χ0) is 13.7. The molecule has 0 aliphatic heterocycles. The smallest absolute Gasteiger partial charge is 0.0595 e. The van der Waals surface area contributed by atoms with Crippen molar-refractivity contribution in [1.82, 2.24) is 5.32 Å². The molecule has 1 unspecified atom stereocenters. The minimum Gasteiger partial charge on any atom is -0.314 e. The Bertz CT molecular complexity index is 511. The predicted molar refractivity (Wildman–Crippen MR) is 85.7 cm³/mol. The number of benzene rings is 1. The van der Waals surface area contributed by atoms with Gasteiger partial charge in [0.1, 0.15) is 0 Å². The quantitative estimate of drug-likeness (QED) is 0.806. The summed E-state index contributed by atoms with van der Waals surface area (Å²) in [5, 5.41) is 6.90. The molecule has 1 heterocycles. The lowest BCUT2D eigenvalue weighted by Gasteiger charge is -2.17. The first-order valence-corrected chi connectivity index (χ1v) is 8.02. The van der Waals surface area contributed by atoms with Gasteiger partial charge in [0.05, 0.1) is 10.0 Å². The second-order valence-corrected chi connectivity index (χ2v) is 6.34. The number of hydrogen-bond acceptors (Lipinski definition) is 2. The molecule has 2 rings (SSSR count). The van der Waals surface area contributed by atoms with Gasteiger partial charge in [-0.25, -0.2) is 0 Å². The third-order valence-corrected chi connectivity index (χ3v) is 4.62. The summed E-state index contributed by atoms with van der Waals surface area (Å²) in [6.07, 6.45) is 2.01. The van der Waals surface area contributed by atoms with E-state index in [-0.39, 0.29) is 0 Å². The van der Waals surface area contributed by atoms with Gasteiger partial charge in [-0.2, -0.15) is 0 Å². The Labute approximate surface area is 128 Å². The molecule has 1 aromatic carbocycles. The summed E-state index contributed by atoms with van der Waals surface area (Å²) in [4.78, 5) is 1.41. The first-order valence-electron chi connectivity index (χ1n) is 6.38. The summed E-state index contributed by atoms with van der Waals surface area (Å²) in [5.74, 6) is 0. The van der Waals surface area contributed by atoms with E-state index in [1.165, 1.54) is 10.4 Å². The van der Waals surface area contributed by atoms with Crippen molar-refractivity contribution in [3.63, 3.8) is 0 Å². The van der Waals surface area contributed by atoms with Crippen LogP contribution in [0.25, 0.3) is 0 Å². The largest absolute Gasteiger partial charge is 0.314 e. The van der Waals surface area contributed by atoms with Gasteiger partial charge in [0, 0.05) is 10.9 Å². The molecule has 0 bridgehead atoms. The number of likely N-dealkylation sites (N-methyl/N-ethyl adjacent to an activating group) is 1. The van der Waals surface area contributed by atoms with Crippen LogP contribution in [0.4, 0.5) is 0 Å². The molecule has 0 saturated heterocycles. The number of nitrogens with one attached hydrogen (secondary N) is 1. The molecule has 0 radical (unpaired) electrons. The van der Waals surface area contributed by atoms with Gasteiger partial charge in [0.15, 0.2) is 0 Å². The molecule has 1 N–H and O–H groups in total. The van der Waals surface area contributed by atoms with Gasteiger partial charge in [-0.05, 0) is 48.5 Å². The van der Waals surface area contributed by atoms with E-state index in [0.717, 1.165) is 19.4 Å². The zero-order valence-electron chi connectivity index (χ0n) is 10.8. The van der Waals surface area contributed by atoms with Crippen LogP contribution in [-0.4, -0.2) is 12.6 Å². The summed E-state index contributed by atoms with van der Waals surface area (Å²) in [7, 11) is 0. The van der Waals surface area contributed by atoms with Gasteiger partial charge in [0.25, 0.3) is 0 Å². The topological polar surface area (TPSA) is 12.0 Å². The average molecular weight is 314 g/mol. The Morgan fingerprint density at radius 1 is 1.16 bits per heavy atom. The second-order valence-electron chi connectivity index (χ2n) is 4.49. The molecular weight excluding hydrogens is 297 g/mol. The van der Waals surface area contributed by atoms with Crippen LogP contribution in [0.15, 0.2) is 35.7 Å². The first kappa shape index (κ1) is 14.9. The fraction of sp³-hybridized carbons (Fsp3) is 0.333. The lowest BCUT2D eigenvalue weighted by molar-refractivity contribution is 0.524. The SMILES string of the molecule is CCNC(Cc1ccc(Cl)c(Cl)c1)Cc1cccs1. The van der Waals surface area contributed by atoms with Gasteiger partial charge in [-0.1, -0.05) is 42.3 Å². The van der Waals surface area contributed by atoms with E-state index in [2.05, 4.69) is 29.8 Å². The van der Waals surface area contributed by atoms with E-state index in [9.17, 15) is 0 Å². The third-order valence-electron chi connectivity index (χ3n) is 2.99. The highest BCUT2D eigenvalue weighted by Crippen LogP contribution is 2.23. The minimum atomic E-state index is 0.431. The molecule has 4 heteroatoms. The molecule has 102 valence electrons. The van der Waals surface area contributed by atoms with Crippen LogP contribution in [0.2, 0.25) is 10.0 Å². The Kier molecular flexibility index (Phi) is 5.71.